The minimum atomic E-state index is -0.844. The van der Waals surface area contributed by atoms with Crippen LogP contribution in [0.1, 0.15) is 81.3 Å². The average Bonchev–Trinajstić information content (AvgIpc) is 3.21. The molecule has 2 aliphatic rings. The predicted molar refractivity (Wildman–Crippen MR) is 189 cm³/mol. The van der Waals surface area contributed by atoms with Crippen LogP contribution in [0.3, 0.4) is 0 Å². The second-order valence-electron chi connectivity index (χ2n) is 13.5. The number of halogens is 1. The fraction of sp³-hybridized carbons (Fsp3) is 0.462. The summed E-state index contributed by atoms with van der Waals surface area (Å²) in [5, 5.41) is 3.44. The smallest absolute Gasteiger partial charge is 0.408 e. The molecule has 0 unspecified atom stereocenters. The van der Waals surface area contributed by atoms with E-state index in [1.165, 1.54) is 27.8 Å². The number of hydrogen-bond donors (Lipinski definition) is 1. The number of unbranched alkanes of at least 4 members (excludes halogenated alkanes) is 1. The van der Waals surface area contributed by atoms with Crippen LogP contribution in [-0.4, -0.2) is 66.4 Å². The van der Waals surface area contributed by atoms with Crippen molar-refractivity contribution < 1.29 is 23.8 Å². The van der Waals surface area contributed by atoms with Crippen LogP contribution >= 0.6 is 11.6 Å². The van der Waals surface area contributed by atoms with Crippen LogP contribution in [-0.2, 0) is 33.5 Å². The third-order valence-corrected chi connectivity index (χ3v) is 8.94. The molecule has 1 aliphatic heterocycles. The molecule has 0 radical (unpaired) electrons. The van der Waals surface area contributed by atoms with Gasteiger partial charge in [-0.05, 0) is 125 Å². The van der Waals surface area contributed by atoms with Crippen molar-refractivity contribution >= 4 is 29.2 Å². The third kappa shape index (κ3) is 9.83. The van der Waals surface area contributed by atoms with E-state index in [1.54, 1.807) is 27.7 Å². The Kier molecular flexibility index (Phi) is 12.2. The quantitative estimate of drug-likeness (QED) is 0.166. The molecule has 5 rings (SSSR count). The fourth-order valence-corrected chi connectivity index (χ4v) is 6.60. The molecular weight excluding hydrogens is 626 g/mol. The monoisotopic (exact) mass is 673 g/mol. The minimum absolute atomic E-state index is 0.229. The molecule has 48 heavy (non-hydrogen) atoms. The maximum Gasteiger partial charge on any atom is 0.408 e. The summed E-state index contributed by atoms with van der Waals surface area (Å²) in [6.07, 6.45) is 7.62. The molecule has 1 aliphatic carbocycles. The summed E-state index contributed by atoms with van der Waals surface area (Å²) in [5.41, 5.74) is 8.11. The number of aromatic nitrogens is 1. The molecule has 1 N–H and O–H groups in total. The topological polar surface area (TPSA) is 90.0 Å². The number of esters is 1. The summed E-state index contributed by atoms with van der Waals surface area (Å²) in [6, 6.07) is 17.4. The largest absolute Gasteiger partial charge is 0.494 e. The number of likely N-dealkylation sites (tertiary alicyclic amines) is 1. The molecule has 1 aromatic heterocycles. The van der Waals surface area contributed by atoms with Crippen molar-refractivity contribution in [2.75, 3.05) is 32.8 Å². The molecular formula is C39H48ClN3O5. The lowest BCUT2D eigenvalue weighted by molar-refractivity contribution is -0.145. The van der Waals surface area contributed by atoms with E-state index in [2.05, 4.69) is 28.4 Å². The highest BCUT2D eigenvalue weighted by Gasteiger charge is 2.27. The van der Waals surface area contributed by atoms with E-state index < -0.39 is 23.7 Å². The molecule has 2 heterocycles. The van der Waals surface area contributed by atoms with Crippen LogP contribution in [0.25, 0.3) is 5.57 Å². The number of ether oxygens (including phenoxy) is 3. The number of rotatable bonds is 11. The van der Waals surface area contributed by atoms with Crippen molar-refractivity contribution in [2.45, 2.75) is 84.3 Å². The Morgan fingerprint density at radius 2 is 1.73 bits per heavy atom. The standard InChI is InChI=1S/C39H48ClN3O5/c1-5-46-37(44)34(42-38(45)48-39(2,3)4)25-27-10-15-32(16-11-27)47-24-7-6-21-43-22-18-28(19-23-43)35-33-17-14-31(40)26-30(33)13-12-29-9-8-20-41-36(29)35/h8-11,14-17,20,26,34H,5-7,12-13,18-19,21-25H2,1-4H3,(H,42,45)/t34-/m0/s1. The van der Waals surface area contributed by atoms with E-state index >= 15 is 0 Å². The van der Waals surface area contributed by atoms with Crippen molar-refractivity contribution in [1.82, 2.24) is 15.2 Å². The molecule has 1 saturated heterocycles. The average molecular weight is 674 g/mol. The van der Waals surface area contributed by atoms with Crippen LogP contribution in [0.5, 0.6) is 5.75 Å². The lowest BCUT2D eigenvalue weighted by Crippen LogP contribution is -2.45. The Bertz CT molecular complexity index is 1590. The first-order valence-electron chi connectivity index (χ1n) is 17.1. The number of nitrogens with one attached hydrogen (secondary N) is 1. The van der Waals surface area contributed by atoms with Crippen molar-refractivity contribution in [1.29, 1.82) is 0 Å². The Hall–Kier alpha value is -3.88. The van der Waals surface area contributed by atoms with Crippen LogP contribution in [0.2, 0.25) is 5.02 Å². The predicted octanol–water partition coefficient (Wildman–Crippen LogP) is 7.59. The molecule has 0 saturated carbocycles. The number of amides is 1. The SMILES string of the molecule is CCOC(=O)[C@H](Cc1ccc(OCCCCN2CCC(=C3c4ccc(Cl)cc4CCc4cccnc43)CC2)cc1)NC(=O)OC(C)(C)C. The number of benzene rings is 2. The van der Waals surface area contributed by atoms with Gasteiger partial charge in [-0.1, -0.05) is 41.4 Å². The third-order valence-electron chi connectivity index (χ3n) is 8.70. The summed E-state index contributed by atoms with van der Waals surface area (Å²) >= 11 is 6.39. The van der Waals surface area contributed by atoms with Gasteiger partial charge in [0.25, 0.3) is 0 Å². The van der Waals surface area contributed by atoms with Gasteiger partial charge in [0.05, 0.1) is 18.9 Å². The zero-order valence-corrected chi connectivity index (χ0v) is 29.4. The molecule has 1 fully saturated rings. The molecule has 3 aromatic rings. The van der Waals surface area contributed by atoms with Crippen molar-refractivity contribution in [3.8, 4) is 5.75 Å². The first-order chi connectivity index (χ1) is 23.1. The first-order valence-corrected chi connectivity index (χ1v) is 17.5. The second-order valence-corrected chi connectivity index (χ2v) is 13.9. The fourth-order valence-electron chi connectivity index (χ4n) is 6.40. The lowest BCUT2D eigenvalue weighted by atomic mass is 9.88. The Morgan fingerprint density at radius 3 is 2.46 bits per heavy atom. The molecule has 8 nitrogen and oxygen atoms in total. The number of piperidine rings is 1. The number of pyridine rings is 1. The van der Waals surface area contributed by atoms with Crippen LogP contribution in [0.4, 0.5) is 4.79 Å². The maximum absolute atomic E-state index is 12.5. The molecule has 0 spiro atoms. The van der Waals surface area contributed by atoms with E-state index in [9.17, 15) is 9.59 Å². The van der Waals surface area contributed by atoms with Gasteiger partial charge in [-0.15, -0.1) is 0 Å². The van der Waals surface area contributed by atoms with Crippen LogP contribution < -0.4 is 10.1 Å². The normalized spacial score (nSPS) is 15.5. The number of nitrogens with zero attached hydrogens (tertiary/aromatic N) is 2. The Labute approximate surface area is 289 Å². The minimum Gasteiger partial charge on any atom is -0.494 e. The zero-order chi connectivity index (χ0) is 34.1. The van der Waals surface area contributed by atoms with Gasteiger partial charge in [-0.3, -0.25) is 4.98 Å². The zero-order valence-electron chi connectivity index (χ0n) is 28.6. The maximum atomic E-state index is 12.5. The van der Waals surface area contributed by atoms with Crippen molar-refractivity contribution in [3.63, 3.8) is 0 Å². The second kappa shape index (κ2) is 16.5. The molecule has 9 heteroatoms. The van der Waals surface area contributed by atoms with Crippen LogP contribution in [0, 0.1) is 0 Å². The molecule has 1 amide bonds. The van der Waals surface area contributed by atoms with Gasteiger partial charge in [-0.2, -0.15) is 0 Å². The number of aryl methyl sites for hydroxylation is 2. The van der Waals surface area contributed by atoms with E-state index in [0.717, 1.165) is 80.2 Å². The van der Waals surface area contributed by atoms with Crippen molar-refractivity contribution in [2.24, 2.45) is 0 Å². The summed E-state index contributed by atoms with van der Waals surface area (Å²) in [4.78, 5) is 32.2. The Balaban J connectivity index is 1.08. The summed E-state index contributed by atoms with van der Waals surface area (Å²) in [6.45, 7) is 11.1. The van der Waals surface area contributed by atoms with Crippen LogP contribution in [0.15, 0.2) is 66.4 Å². The Morgan fingerprint density at radius 1 is 0.979 bits per heavy atom. The number of alkyl carbamates (subject to hydrolysis) is 1. The molecule has 256 valence electrons. The highest BCUT2D eigenvalue weighted by Crippen LogP contribution is 2.38. The highest BCUT2D eigenvalue weighted by atomic mass is 35.5. The summed E-state index contributed by atoms with van der Waals surface area (Å²) in [7, 11) is 0. The molecule has 1 atom stereocenters. The van der Waals surface area contributed by atoms with E-state index in [0.29, 0.717) is 6.61 Å². The van der Waals surface area contributed by atoms with Gasteiger partial charge in [0.15, 0.2) is 0 Å². The molecule has 2 aromatic carbocycles. The van der Waals surface area contributed by atoms with Crippen molar-refractivity contribution in [3.05, 3.63) is 99.3 Å². The van der Waals surface area contributed by atoms with E-state index in [1.807, 2.05) is 42.6 Å². The van der Waals surface area contributed by atoms with E-state index in [-0.39, 0.29) is 13.0 Å². The van der Waals surface area contributed by atoms with E-state index in [4.69, 9.17) is 30.8 Å². The van der Waals surface area contributed by atoms with Gasteiger partial charge in [0.2, 0.25) is 0 Å². The van der Waals surface area contributed by atoms with Gasteiger partial charge < -0.3 is 24.4 Å². The van der Waals surface area contributed by atoms with Gasteiger partial charge in [0, 0.05) is 36.3 Å². The number of carbonyl (C=O) groups is 2. The summed E-state index contributed by atoms with van der Waals surface area (Å²) < 4.78 is 16.5. The number of fused-ring (bicyclic) bond motifs is 2. The van der Waals surface area contributed by atoms with Gasteiger partial charge in [-0.25, -0.2) is 9.59 Å². The van der Waals surface area contributed by atoms with Gasteiger partial charge in [0.1, 0.15) is 17.4 Å². The molecule has 0 bridgehead atoms. The first kappa shape index (κ1) is 35.4. The summed E-state index contributed by atoms with van der Waals surface area (Å²) in [5.74, 6) is 0.285. The lowest BCUT2D eigenvalue weighted by Gasteiger charge is -2.30. The number of hydrogen-bond acceptors (Lipinski definition) is 7. The number of carbonyl (C=O) groups excluding carboxylic acids is 2. The van der Waals surface area contributed by atoms with Gasteiger partial charge >= 0.3 is 12.1 Å². The highest BCUT2D eigenvalue weighted by molar-refractivity contribution is 6.30.